The Balaban J connectivity index is 2.65. The van der Waals surface area contributed by atoms with E-state index in [0.717, 1.165) is 0 Å². The van der Waals surface area contributed by atoms with Gasteiger partial charge in [-0.05, 0) is 48.8 Å². The molecule has 0 radical (unpaired) electrons. The maximum atomic E-state index is 2.32. The fourth-order valence-corrected chi connectivity index (χ4v) is 1.48. The Morgan fingerprint density at radius 3 is 2.14 bits per heavy atom. The fourth-order valence-electron chi connectivity index (χ4n) is 1.48. The zero-order valence-electron chi connectivity index (χ0n) is 10.1. The highest BCUT2D eigenvalue weighted by molar-refractivity contribution is 5.29. The van der Waals surface area contributed by atoms with E-state index >= 15 is 0 Å². The predicted molar refractivity (Wildman–Crippen MR) is 63.7 cm³/mol. The van der Waals surface area contributed by atoms with Crippen LogP contribution in [0.5, 0.6) is 0 Å². The Morgan fingerprint density at radius 2 is 1.64 bits per heavy atom. The molecular formula is C14H22. The lowest BCUT2D eigenvalue weighted by Gasteiger charge is -2.18. The predicted octanol–water partition coefficient (Wildman–Crippen LogP) is 4.28. The molecule has 0 aromatic heterocycles. The third kappa shape index (κ3) is 3.53. The molecular weight excluding hydrogens is 168 g/mol. The Labute approximate surface area is 88.4 Å². The Kier molecular flexibility index (Phi) is 3.36. The molecule has 0 nitrogen and oxygen atoms in total. The summed E-state index contributed by atoms with van der Waals surface area (Å²) < 4.78 is 0. The standard InChI is InChI=1S/C14H22/c1-11-6-7-13(10-12(11)2)8-9-14(3,4)5/h6-7,10H,8-9H2,1-5H3. The number of hydrogen-bond acceptors (Lipinski definition) is 0. The van der Waals surface area contributed by atoms with Crippen molar-refractivity contribution in [3.05, 3.63) is 34.9 Å². The van der Waals surface area contributed by atoms with E-state index in [1.807, 2.05) is 0 Å². The van der Waals surface area contributed by atoms with Gasteiger partial charge in [0.1, 0.15) is 0 Å². The molecule has 0 amide bonds. The van der Waals surface area contributed by atoms with Gasteiger partial charge < -0.3 is 0 Å². The summed E-state index contributed by atoms with van der Waals surface area (Å²) in [5, 5.41) is 0. The summed E-state index contributed by atoms with van der Waals surface area (Å²) in [6.07, 6.45) is 2.46. The lowest BCUT2D eigenvalue weighted by atomic mass is 9.88. The maximum absolute atomic E-state index is 2.32. The third-order valence-electron chi connectivity index (χ3n) is 2.73. The molecule has 0 heterocycles. The number of hydrogen-bond donors (Lipinski definition) is 0. The molecule has 0 spiro atoms. The van der Waals surface area contributed by atoms with Gasteiger partial charge >= 0.3 is 0 Å². The van der Waals surface area contributed by atoms with Crippen LogP contribution >= 0.6 is 0 Å². The molecule has 1 aromatic carbocycles. The van der Waals surface area contributed by atoms with Crippen molar-refractivity contribution in [2.45, 2.75) is 47.5 Å². The summed E-state index contributed by atoms with van der Waals surface area (Å²) >= 11 is 0. The quantitative estimate of drug-likeness (QED) is 0.653. The van der Waals surface area contributed by atoms with E-state index in [1.54, 1.807) is 0 Å². The van der Waals surface area contributed by atoms with Crippen LogP contribution in [0.15, 0.2) is 18.2 Å². The smallest absolute Gasteiger partial charge is 0.0274 e. The Bertz CT molecular complexity index is 302. The van der Waals surface area contributed by atoms with E-state index in [9.17, 15) is 0 Å². The first-order chi connectivity index (χ1) is 6.38. The van der Waals surface area contributed by atoms with Crippen LogP contribution in [-0.4, -0.2) is 0 Å². The van der Waals surface area contributed by atoms with Crippen molar-refractivity contribution in [1.29, 1.82) is 0 Å². The maximum Gasteiger partial charge on any atom is -0.0274 e. The van der Waals surface area contributed by atoms with Crippen LogP contribution in [0.1, 0.15) is 43.9 Å². The average Bonchev–Trinajstić information content (AvgIpc) is 2.06. The zero-order chi connectivity index (χ0) is 10.8. The molecule has 1 rings (SSSR count). The van der Waals surface area contributed by atoms with Gasteiger partial charge in [-0.2, -0.15) is 0 Å². The first-order valence-corrected chi connectivity index (χ1v) is 5.45. The number of rotatable bonds is 2. The summed E-state index contributed by atoms with van der Waals surface area (Å²) in [7, 11) is 0. The van der Waals surface area contributed by atoms with E-state index in [1.165, 1.54) is 29.5 Å². The van der Waals surface area contributed by atoms with Crippen molar-refractivity contribution < 1.29 is 0 Å². The van der Waals surface area contributed by atoms with Crippen molar-refractivity contribution in [1.82, 2.24) is 0 Å². The second kappa shape index (κ2) is 4.16. The van der Waals surface area contributed by atoms with Crippen LogP contribution < -0.4 is 0 Å². The van der Waals surface area contributed by atoms with E-state index < -0.39 is 0 Å². The van der Waals surface area contributed by atoms with Gasteiger partial charge in [-0.1, -0.05) is 39.0 Å². The molecule has 0 bridgehead atoms. The lowest BCUT2D eigenvalue weighted by Crippen LogP contribution is -2.06. The molecule has 0 aliphatic carbocycles. The highest BCUT2D eigenvalue weighted by atomic mass is 14.1. The average molecular weight is 190 g/mol. The van der Waals surface area contributed by atoms with Crippen LogP contribution in [0.3, 0.4) is 0 Å². The first kappa shape index (κ1) is 11.3. The summed E-state index contributed by atoms with van der Waals surface area (Å²) in [5.41, 5.74) is 4.72. The minimum atomic E-state index is 0.443. The molecule has 14 heavy (non-hydrogen) atoms. The van der Waals surface area contributed by atoms with Gasteiger partial charge in [0.05, 0.1) is 0 Å². The molecule has 0 atom stereocenters. The number of benzene rings is 1. The molecule has 1 aromatic rings. The van der Waals surface area contributed by atoms with Gasteiger partial charge in [0, 0.05) is 0 Å². The SMILES string of the molecule is Cc1ccc(CCC(C)(C)C)cc1C. The molecule has 0 N–H and O–H groups in total. The highest BCUT2D eigenvalue weighted by Gasteiger charge is 2.09. The van der Waals surface area contributed by atoms with Crippen molar-refractivity contribution in [2.75, 3.05) is 0 Å². The van der Waals surface area contributed by atoms with Crippen molar-refractivity contribution in [3.63, 3.8) is 0 Å². The largest absolute Gasteiger partial charge is 0.0602 e. The van der Waals surface area contributed by atoms with Crippen LogP contribution in [0, 0.1) is 19.3 Å². The monoisotopic (exact) mass is 190 g/mol. The van der Waals surface area contributed by atoms with Crippen molar-refractivity contribution in [3.8, 4) is 0 Å². The molecule has 0 heteroatoms. The Morgan fingerprint density at radius 1 is 1.00 bits per heavy atom. The fraction of sp³-hybridized carbons (Fsp3) is 0.571. The van der Waals surface area contributed by atoms with Crippen LogP contribution in [0.4, 0.5) is 0 Å². The molecule has 0 unspecified atom stereocenters. The minimum Gasteiger partial charge on any atom is -0.0602 e. The van der Waals surface area contributed by atoms with Gasteiger partial charge in [0.2, 0.25) is 0 Å². The second-order valence-electron chi connectivity index (χ2n) is 5.48. The minimum absolute atomic E-state index is 0.443. The summed E-state index contributed by atoms with van der Waals surface area (Å²) in [4.78, 5) is 0. The molecule has 0 fully saturated rings. The van der Waals surface area contributed by atoms with Gasteiger partial charge in [-0.3, -0.25) is 0 Å². The van der Waals surface area contributed by atoms with Gasteiger partial charge in [-0.25, -0.2) is 0 Å². The van der Waals surface area contributed by atoms with E-state index in [-0.39, 0.29) is 0 Å². The molecule has 0 saturated heterocycles. The van der Waals surface area contributed by atoms with Gasteiger partial charge in [0.25, 0.3) is 0 Å². The third-order valence-corrected chi connectivity index (χ3v) is 2.73. The molecule has 0 saturated carbocycles. The van der Waals surface area contributed by atoms with E-state index in [2.05, 4.69) is 52.8 Å². The van der Waals surface area contributed by atoms with E-state index in [4.69, 9.17) is 0 Å². The summed E-state index contributed by atoms with van der Waals surface area (Å²) in [6.45, 7) is 11.3. The van der Waals surface area contributed by atoms with Crippen LogP contribution in [-0.2, 0) is 6.42 Å². The van der Waals surface area contributed by atoms with Crippen LogP contribution in [0.2, 0.25) is 0 Å². The molecule has 0 aliphatic rings. The topological polar surface area (TPSA) is 0 Å². The highest BCUT2D eigenvalue weighted by Crippen LogP contribution is 2.22. The molecule has 0 aliphatic heterocycles. The number of aryl methyl sites for hydroxylation is 3. The second-order valence-corrected chi connectivity index (χ2v) is 5.48. The van der Waals surface area contributed by atoms with Crippen molar-refractivity contribution in [2.24, 2.45) is 5.41 Å². The van der Waals surface area contributed by atoms with Gasteiger partial charge in [-0.15, -0.1) is 0 Å². The summed E-state index contributed by atoms with van der Waals surface area (Å²) in [5.74, 6) is 0. The lowest BCUT2D eigenvalue weighted by molar-refractivity contribution is 0.378. The Hall–Kier alpha value is -0.780. The van der Waals surface area contributed by atoms with Crippen molar-refractivity contribution >= 4 is 0 Å². The molecule has 78 valence electrons. The normalized spacial score (nSPS) is 11.8. The van der Waals surface area contributed by atoms with Gasteiger partial charge in [0.15, 0.2) is 0 Å². The zero-order valence-corrected chi connectivity index (χ0v) is 10.1. The first-order valence-electron chi connectivity index (χ1n) is 5.45. The van der Waals surface area contributed by atoms with E-state index in [0.29, 0.717) is 5.41 Å². The summed E-state index contributed by atoms with van der Waals surface area (Å²) in [6, 6.07) is 6.81. The van der Waals surface area contributed by atoms with Crippen LogP contribution in [0.25, 0.3) is 0 Å².